The van der Waals surface area contributed by atoms with E-state index in [2.05, 4.69) is 26.6 Å². The summed E-state index contributed by atoms with van der Waals surface area (Å²) < 4.78 is 14.3. The van der Waals surface area contributed by atoms with E-state index in [0.29, 0.717) is 11.4 Å². The average molecular weight is 337 g/mol. The number of nitrogens with one attached hydrogen (secondary N) is 2. The molecule has 0 aliphatic heterocycles. The fourth-order valence-corrected chi connectivity index (χ4v) is 2.09. The van der Waals surface area contributed by atoms with Gasteiger partial charge in [0.15, 0.2) is 0 Å². The lowest BCUT2D eigenvalue weighted by atomic mass is 10.1. The molecule has 2 aromatic rings. The van der Waals surface area contributed by atoms with E-state index in [4.69, 9.17) is 0 Å². The molecule has 2 N–H and O–H groups in total. The van der Waals surface area contributed by atoms with Crippen LogP contribution < -0.4 is 10.6 Å². The molecule has 0 saturated heterocycles. The monoisotopic (exact) mass is 336 g/mol. The molecule has 5 heteroatoms. The summed E-state index contributed by atoms with van der Waals surface area (Å²) in [6.07, 6.45) is 0. The highest BCUT2D eigenvalue weighted by atomic mass is 79.9. The summed E-state index contributed by atoms with van der Waals surface area (Å²) in [6.45, 7) is 1.93. The molecule has 2 rings (SSSR count). The normalized spacial score (nSPS) is 10.2. The van der Waals surface area contributed by atoms with E-state index < -0.39 is 5.82 Å². The number of hydrogen-bond acceptors (Lipinski definition) is 2. The van der Waals surface area contributed by atoms with Gasteiger partial charge >= 0.3 is 0 Å². The number of anilines is 2. The molecule has 0 saturated carbocycles. The van der Waals surface area contributed by atoms with Crippen molar-refractivity contribution in [1.29, 1.82) is 0 Å². The first-order valence-corrected chi connectivity index (χ1v) is 6.85. The first kappa shape index (κ1) is 14.5. The second-order valence-electron chi connectivity index (χ2n) is 4.36. The van der Waals surface area contributed by atoms with Crippen LogP contribution in [-0.2, 0) is 0 Å². The maximum atomic E-state index is 13.3. The van der Waals surface area contributed by atoms with Crippen LogP contribution in [0, 0.1) is 12.7 Å². The van der Waals surface area contributed by atoms with Crippen LogP contribution in [0.5, 0.6) is 0 Å². The third-order valence-corrected chi connectivity index (χ3v) is 3.80. The van der Waals surface area contributed by atoms with Gasteiger partial charge in [0, 0.05) is 22.9 Å². The Morgan fingerprint density at radius 3 is 2.60 bits per heavy atom. The Bertz CT molecular complexity index is 658. The molecule has 0 aliphatic carbocycles. The summed E-state index contributed by atoms with van der Waals surface area (Å²) in [6, 6.07) is 9.56. The number of rotatable bonds is 3. The van der Waals surface area contributed by atoms with Crippen molar-refractivity contribution in [2.45, 2.75) is 6.92 Å². The van der Waals surface area contributed by atoms with Crippen molar-refractivity contribution in [2.75, 3.05) is 17.7 Å². The van der Waals surface area contributed by atoms with Crippen LogP contribution in [0.3, 0.4) is 0 Å². The van der Waals surface area contributed by atoms with Gasteiger partial charge in [0.25, 0.3) is 5.91 Å². The van der Waals surface area contributed by atoms with Crippen molar-refractivity contribution in [1.82, 2.24) is 0 Å². The highest BCUT2D eigenvalue weighted by Crippen LogP contribution is 2.22. The van der Waals surface area contributed by atoms with Crippen molar-refractivity contribution >= 4 is 33.2 Å². The van der Waals surface area contributed by atoms with E-state index in [1.165, 1.54) is 18.2 Å². The molecule has 0 fully saturated rings. The molecule has 0 aromatic heterocycles. The zero-order valence-corrected chi connectivity index (χ0v) is 12.7. The van der Waals surface area contributed by atoms with Crippen LogP contribution >= 0.6 is 15.9 Å². The number of carbonyl (C=O) groups is 1. The number of aryl methyl sites for hydroxylation is 1. The molecule has 1 amide bonds. The average Bonchev–Trinajstić information content (AvgIpc) is 2.43. The fraction of sp³-hybridized carbons (Fsp3) is 0.133. The largest absolute Gasteiger partial charge is 0.387 e. The first-order chi connectivity index (χ1) is 9.51. The van der Waals surface area contributed by atoms with E-state index in [1.807, 2.05) is 19.1 Å². The number of hydrogen-bond donors (Lipinski definition) is 2. The Morgan fingerprint density at radius 2 is 1.95 bits per heavy atom. The predicted octanol–water partition coefficient (Wildman–Crippen LogP) is 4.19. The van der Waals surface area contributed by atoms with Crippen molar-refractivity contribution in [3.8, 4) is 0 Å². The van der Waals surface area contributed by atoms with Crippen LogP contribution in [0.2, 0.25) is 0 Å². The zero-order chi connectivity index (χ0) is 14.7. The van der Waals surface area contributed by atoms with Gasteiger partial charge in [-0.05, 0) is 48.9 Å². The molecule has 0 heterocycles. The molecule has 0 bridgehead atoms. The third-order valence-electron chi connectivity index (χ3n) is 2.91. The van der Waals surface area contributed by atoms with Gasteiger partial charge in [0.2, 0.25) is 0 Å². The zero-order valence-electron chi connectivity index (χ0n) is 11.1. The Kier molecular flexibility index (Phi) is 4.39. The molecule has 0 radical (unpaired) electrons. The minimum absolute atomic E-state index is 0.271. The fourth-order valence-electron chi connectivity index (χ4n) is 1.84. The topological polar surface area (TPSA) is 41.1 Å². The summed E-state index contributed by atoms with van der Waals surface area (Å²) in [4.78, 5) is 12.2. The first-order valence-electron chi connectivity index (χ1n) is 6.06. The number of benzene rings is 2. The van der Waals surface area contributed by atoms with E-state index in [9.17, 15) is 9.18 Å². The molecule has 20 heavy (non-hydrogen) atoms. The van der Waals surface area contributed by atoms with Gasteiger partial charge in [0.05, 0.1) is 5.56 Å². The van der Waals surface area contributed by atoms with Gasteiger partial charge in [-0.3, -0.25) is 4.79 Å². The van der Waals surface area contributed by atoms with Crippen molar-refractivity contribution in [3.05, 3.63) is 57.8 Å². The lowest BCUT2D eigenvalue weighted by Gasteiger charge is -2.11. The van der Waals surface area contributed by atoms with E-state index in [1.54, 1.807) is 13.1 Å². The van der Waals surface area contributed by atoms with E-state index in [-0.39, 0.29) is 11.5 Å². The molecule has 0 unspecified atom stereocenters. The molecule has 0 spiro atoms. The summed E-state index contributed by atoms with van der Waals surface area (Å²) in [5, 5.41) is 5.64. The Hall–Kier alpha value is -1.88. The Morgan fingerprint density at radius 1 is 1.20 bits per heavy atom. The third kappa shape index (κ3) is 3.17. The van der Waals surface area contributed by atoms with Crippen molar-refractivity contribution < 1.29 is 9.18 Å². The molecule has 0 aliphatic rings. The highest BCUT2D eigenvalue weighted by molar-refractivity contribution is 9.10. The molecule has 2 aromatic carbocycles. The van der Waals surface area contributed by atoms with Gasteiger partial charge in [-0.1, -0.05) is 15.9 Å². The number of amides is 1. The Balaban J connectivity index is 2.27. The van der Waals surface area contributed by atoms with Gasteiger partial charge in [0.1, 0.15) is 5.82 Å². The summed E-state index contributed by atoms with van der Waals surface area (Å²) >= 11 is 3.40. The standard InChI is InChI=1S/C15H14BrFN2O/c1-9-7-11(4-5-13(9)16)19-15(20)12-8-10(17)3-6-14(12)18-2/h3-8,18H,1-2H3,(H,19,20). The lowest BCUT2D eigenvalue weighted by molar-refractivity contribution is 0.102. The van der Waals surface area contributed by atoms with Gasteiger partial charge in [-0.25, -0.2) is 4.39 Å². The smallest absolute Gasteiger partial charge is 0.257 e. The maximum absolute atomic E-state index is 13.3. The van der Waals surface area contributed by atoms with Gasteiger partial charge < -0.3 is 10.6 Å². The van der Waals surface area contributed by atoms with Crippen molar-refractivity contribution in [3.63, 3.8) is 0 Å². The van der Waals surface area contributed by atoms with Crippen LogP contribution in [0.15, 0.2) is 40.9 Å². The van der Waals surface area contributed by atoms with Gasteiger partial charge in [-0.2, -0.15) is 0 Å². The predicted molar refractivity (Wildman–Crippen MR) is 82.8 cm³/mol. The molecular weight excluding hydrogens is 323 g/mol. The van der Waals surface area contributed by atoms with E-state index in [0.717, 1.165) is 10.0 Å². The molecule has 3 nitrogen and oxygen atoms in total. The summed E-state index contributed by atoms with van der Waals surface area (Å²) in [5.74, 6) is -0.795. The van der Waals surface area contributed by atoms with E-state index >= 15 is 0 Å². The maximum Gasteiger partial charge on any atom is 0.257 e. The van der Waals surface area contributed by atoms with Crippen LogP contribution in [0.1, 0.15) is 15.9 Å². The minimum atomic E-state index is -0.443. The van der Waals surface area contributed by atoms with Crippen LogP contribution in [0.4, 0.5) is 15.8 Å². The molecule has 0 atom stereocenters. The number of carbonyl (C=O) groups excluding carboxylic acids is 1. The summed E-state index contributed by atoms with van der Waals surface area (Å²) in [7, 11) is 1.69. The minimum Gasteiger partial charge on any atom is -0.387 e. The van der Waals surface area contributed by atoms with Gasteiger partial charge in [-0.15, -0.1) is 0 Å². The second-order valence-corrected chi connectivity index (χ2v) is 5.21. The Labute approximate surface area is 125 Å². The van der Waals surface area contributed by atoms with Crippen LogP contribution in [0.25, 0.3) is 0 Å². The SMILES string of the molecule is CNc1ccc(F)cc1C(=O)Nc1ccc(Br)c(C)c1. The quantitative estimate of drug-likeness (QED) is 0.882. The molecular formula is C15H14BrFN2O. The van der Waals surface area contributed by atoms with Crippen molar-refractivity contribution in [2.24, 2.45) is 0 Å². The lowest BCUT2D eigenvalue weighted by Crippen LogP contribution is -2.14. The second kappa shape index (κ2) is 6.05. The highest BCUT2D eigenvalue weighted by Gasteiger charge is 2.12. The summed E-state index contributed by atoms with van der Waals surface area (Å²) in [5.41, 5.74) is 2.53. The molecule has 104 valence electrons. The number of halogens is 2. The van der Waals surface area contributed by atoms with Crippen LogP contribution in [-0.4, -0.2) is 13.0 Å².